The Balaban J connectivity index is 2.58. The molecule has 0 amide bonds. The molecule has 0 bridgehead atoms. The maximum absolute atomic E-state index is 4.71. The van der Waals surface area contributed by atoms with Crippen LogP contribution in [0.1, 0.15) is 44.9 Å². The van der Waals surface area contributed by atoms with Gasteiger partial charge in [0.2, 0.25) is 0 Å². The second kappa shape index (κ2) is 8.16. The molecule has 1 aromatic rings. The lowest BCUT2D eigenvalue weighted by molar-refractivity contribution is 0.551. The third-order valence-electron chi connectivity index (χ3n) is 3.29. The van der Waals surface area contributed by atoms with Crippen molar-refractivity contribution in [2.24, 2.45) is 5.92 Å². The van der Waals surface area contributed by atoms with Gasteiger partial charge in [-0.1, -0.05) is 33.3 Å². The summed E-state index contributed by atoms with van der Waals surface area (Å²) in [6.45, 7) is 11.8. The molecule has 0 radical (unpaired) electrons. The molecule has 0 saturated carbocycles. The molecule has 1 heterocycles. The number of hydrogen-bond acceptors (Lipinski definition) is 3. The molecule has 19 heavy (non-hydrogen) atoms. The van der Waals surface area contributed by atoms with E-state index in [1.54, 1.807) is 0 Å². The predicted molar refractivity (Wildman–Crippen MR) is 83.7 cm³/mol. The van der Waals surface area contributed by atoms with E-state index in [1.165, 1.54) is 18.4 Å². The van der Waals surface area contributed by atoms with Crippen LogP contribution in [0.4, 0.5) is 5.82 Å². The average molecular weight is 263 g/mol. The summed E-state index contributed by atoms with van der Waals surface area (Å²) in [6, 6.07) is 4.34. The fraction of sp³-hybridized carbons (Fsp3) is 0.688. The van der Waals surface area contributed by atoms with Gasteiger partial charge in [0.05, 0.1) is 0 Å². The maximum atomic E-state index is 4.71. The van der Waals surface area contributed by atoms with Crippen LogP contribution in [0.3, 0.4) is 0 Å². The maximum Gasteiger partial charge on any atom is 0.128 e. The van der Waals surface area contributed by atoms with Crippen molar-refractivity contribution in [2.75, 3.05) is 25.0 Å². The van der Waals surface area contributed by atoms with Crippen LogP contribution < -0.4 is 10.2 Å². The highest BCUT2D eigenvalue weighted by Gasteiger charge is 2.05. The Morgan fingerprint density at radius 3 is 2.63 bits per heavy atom. The molecule has 0 aliphatic rings. The van der Waals surface area contributed by atoms with Crippen molar-refractivity contribution in [3.05, 3.63) is 23.4 Å². The number of nitrogens with one attached hydrogen (secondary N) is 1. The van der Waals surface area contributed by atoms with Crippen LogP contribution in [0.15, 0.2) is 12.1 Å². The van der Waals surface area contributed by atoms with Gasteiger partial charge >= 0.3 is 0 Å². The van der Waals surface area contributed by atoms with Gasteiger partial charge in [-0.25, -0.2) is 4.98 Å². The fourth-order valence-electron chi connectivity index (χ4n) is 1.98. The van der Waals surface area contributed by atoms with E-state index < -0.39 is 0 Å². The molecule has 0 aliphatic carbocycles. The zero-order chi connectivity index (χ0) is 14.3. The Hall–Kier alpha value is -1.09. The Kier molecular flexibility index (Phi) is 6.85. The zero-order valence-electron chi connectivity index (χ0n) is 13.2. The molecule has 1 aromatic heterocycles. The molecule has 1 rings (SSSR count). The SMILES string of the molecule is CCCCN(C)c1ccc(CNCC(C)C)c(C)n1. The van der Waals surface area contributed by atoms with Crippen molar-refractivity contribution in [3.8, 4) is 0 Å². The van der Waals surface area contributed by atoms with E-state index in [-0.39, 0.29) is 0 Å². The van der Waals surface area contributed by atoms with Crippen molar-refractivity contribution in [1.82, 2.24) is 10.3 Å². The Morgan fingerprint density at radius 2 is 2.05 bits per heavy atom. The first-order valence-electron chi connectivity index (χ1n) is 7.43. The predicted octanol–water partition coefficient (Wildman–Crippen LogP) is 3.37. The van der Waals surface area contributed by atoms with Gasteiger partial charge in [0, 0.05) is 25.8 Å². The summed E-state index contributed by atoms with van der Waals surface area (Å²) in [4.78, 5) is 6.95. The summed E-state index contributed by atoms with van der Waals surface area (Å²) in [5.74, 6) is 1.77. The summed E-state index contributed by atoms with van der Waals surface area (Å²) in [7, 11) is 2.12. The number of pyridine rings is 1. The number of aromatic nitrogens is 1. The van der Waals surface area contributed by atoms with Crippen LogP contribution in [-0.4, -0.2) is 25.1 Å². The molecule has 3 heteroatoms. The lowest BCUT2D eigenvalue weighted by atomic mass is 10.1. The van der Waals surface area contributed by atoms with Crippen LogP contribution in [0, 0.1) is 12.8 Å². The van der Waals surface area contributed by atoms with Crippen LogP contribution in [-0.2, 0) is 6.54 Å². The van der Waals surface area contributed by atoms with Crippen molar-refractivity contribution >= 4 is 5.82 Å². The normalized spacial score (nSPS) is 11.1. The highest BCUT2D eigenvalue weighted by molar-refractivity contribution is 5.40. The average Bonchev–Trinajstić information content (AvgIpc) is 2.37. The van der Waals surface area contributed by atoms with Crippen molar-refractivity contribution in [3.63, 3.8) is 0 Å². The molecule has 0 spiro atoms. The first-order chi connectivity index (χ1) is 9.04. The van der Waals surface area contributed by atoms with Crippen LogP contribution >= 0.6 is 0 Å². The molecule has 0 aliphatic heterocycles. The summed E-state index contributed by atoms with van der Waals surface area (Å²) in [6.07, 6.45) is 2.44. The number of anilines is 1. The minimum absolute atomic E-state index is 0.688. The van der Waals surface area contributed by atoms with E-state index in [4.69, 9.17) is 4.98 Å². The van der Waals surface area contributed by atoms with E-state index in [0.29, 0.717) is 5.92 Å². The van der Waals surface area contributed by atoms with Gasteiger partial charge in [0.25, 0.3) is 0 Å². The highest BCUT2D eigenvalue weighted by Crippen LogP contribution is 2.14. The van der Waals surface area contributed by atoms with Crippen LogP contribution in [0.5, 0.6) is 0 Å². The largest absolute Gasteiger partial charge is 0.360 e. The van der Waals surface area contributed by atoms with Gasteiger partial charge in [-0.2, -0.15) is 0 Å². The third-order valence-corrected chi connectivity index (χ3v) is 3.29. The molecular formula is C16H29N3. The molecule has 0 saturated heterocycles. The second-order valence-corrected chi connectivity index (χ2v) is 5.71. The quantitative estimate of drug-likeness (QED) is 0.779. The molecule has 0 unspecified atom stereocenters. The van der Waals surface area contributed by atoms with Crippen LogP contribution in [0.25, 0.3) is 0 Å². The molecular weight excluding hydrogens is 234 g/mol. The van der Waals surface area contributed by atoms with Gasteiger partial charge in [0.15, 0.2) is 0 Å². The third kappa shape index (κ3) is 5.60. The fourth-order valence-corrected chi connectivity index (χ4v) is 1.98. The number of aryl methyl sites for hydroxylation is 1. The van der Waals surface area contributed by atoms with Gasteiger partial charge in [-0.15, -0.1) is 0 Å². The lowest BCUT2D eigenvalue weighted by Crippen LogP contribution is -2.22. The Labute approximate surface area is 118 Å². The van der Waals surface area contributed by atoms with Crippen molar-refractivity contribution in [2.45, 2.75) is 47.1 Å². The molecule has 3 nitrogen and oxygen atoms in total. The summed E-state index contributed by atoms with van der Waals surface area (Å²) < 4.78 is 0. The van der Waals surface area contributed by atoms with Crippen molar-refractivity contribution < 1.29 is 0 Å². The number of hydrogen-bond donors (Lipinski definition) is 1. The Morgan fingerprint density at radius 1 is 1.32 bits per heavy atom. The molecule has 0 aromatic carbocycles. The van der Waals surface area contributed by atoms with Crippen LogP contribution in [0.2, 0.25) is 0 Å². The minimum atomic E-state index is 0.688. The first-order valence-corrected chi connectivity index (χ1v) is 7.43. The second-order valence-electron chi connectivity index (χ2n) is 5.71. The number of rotatable bonds is 8. The monoisotopic (exact) mass is 263 g/mol. The topological polar surface area (TPSA) is 28.2 Å². The van der Waals surface area contributed by atoms with E-state index >= 15 is 0 Å². The summed E-state index contributed by atoms with van der Waals surface area (Å²) in [5.41, 5.74) is 2.44. The van der Waals surface area contributed by atoms with Gasteiger partial charge in [-0.3, -0.25) is 0 Å². The smallest absolute Gasteiger partial charge is 0.128 e. The molecule has 108 valence electrons. The minimum Gasteiger partial charge on any atom is -0.360 e. The molecule has 0 atom stereocenters. The van der Waals surface area contributed by atoms with E-state index in [2.05, 4.69) is 57.1 Å². The number of nitrogens with zero attached hydrogens (tertiary/aromatic N) is 2. The van der Waals surface area contributed by atoms with Crippen molar-refractivity contribution in [1.29, 1.82) is 0 Å². The molecule has 0 fully saturated rings. The summed E-state index contributed by atoms with van der Waals surface area (Å²) >= 11 is 0. The number of unbranched alkanes of at least 4 members (excludes halogenated alkanes) is 1. The van der Waals surface area contributed by atoms with Gasteiger partial charge in [-0.05, 0) is 37.4 Å². The van der Waals surface area contributed by atoms with Gasteiger partial charge in [0.1, 0.15) is 5.82 Å². The van der Waals surface area contributed by atoms with E-state index in [9.17, 15) is 0 Å². The lowest BCUT2D eigenvalue weighted by Gasteiger charge is -2.19. The molecule has 1 N–H and O–H groups in total. The Bertz CT molecular complexity index is 374. The first kappa shape index (κ1) is 16.0. The summed E-state index contributed by atoms with van der Waals surface area (Å²) in [5, 5.41) is 3.47. The highest BCUT2D eigenvalue weighted by atomic mass is 15.2. The standard InChI is InChI=1S/C16H29N3/c1-6-7-10-19(5)16-9-8-15(14(4)18-16)12-17-11-13(2)3/h8-9,13,17H,6-7,10-12H2,1-5H3. The van der Waals surface area contributed by atoms with Gasteiger partial charge < -0.3 is 10.2 Å². The zero-order valence-corrected chi connectivity index (χ0v) is 13.2. The van der Waals surface area contributed by atoms with E-state index in [1.807, 2.05) is 0 Å². The van der Waals surface area contributed by atoms with E-state index in [0.717, 1.165) is 31.1 Å².